The minimum absolute atomic E-state index is 0.123. The summed E-state index contributed by atoms with van der Waals surface area (Å²) in [5.74, 6) is -1.63. The van der Waals surface area contributed by atoms with Crippen molar-refractivity contribution in [1.29, 1.82) is 0 Å². The first-order chi connectivity index (χ1) is 11.7. The highest BCUT2D eigenvalue weighted by atomic mass is 32.2. The van der Waals surface area contributed by atoms with E-state index in [4.69, 9.17) is 4.52 Å². The topological polar surface area (TPSA) is 73.1 Å². The van der Waals surface area contributed by atoms with Gasteiger partial charge in [0, 0.05) is 29.3 Å². The van der Waals surface area contributed by atoms with Crippen LogP contribution in [-0.4, -0.2) is 24.8 Å². The van der Waals surface area contributed by atoms with E-state index in [0.29, 0.717) is 23.0 Å². The van der Waals surface area contributed by atoms with Crippen LogP contribution in [0.5, 0.6) is 0 Å². The molecular weight excluding hydrogens is 350 g/mol. The van der Waals surface area contributed by atoms with Gasteiger partial charge in [-0.3, -0.25) is 4.98 Å². The van der Waals surface area contributed by atoms with Crippen LogP contribution in [-0.2, 0) is 9.84 Å². The summed E-state index contributed by atoms with van der Waals surface area (Å²) in [6.45, 7) is 3.33. The number of aromatic nitrogens is 2. The van der Waals surface area contributed by atoms with Crippen LogP contribution in [0.15, 0.2) is 39.9 Å². The lowest BCUT2D eigenvalue weighted by molar-refractivity contribution is 0.400. The highest BCUT2D eigenvalue weighted by Crippen LogP contribution is 2.37. The predicted octanol–water partition coefficient (Wildman–Crippen LogP) is 3.70. The zero-order valence-electron chi connectivity index (χ0n) is 13.7. The van der Waals surface area contributed by atoms with Gasteiger partial charge in [-0.2, -0.15) is 0 Å². The molecule has 25 heavy (non-hydrogen) atoms. The van der Waals surface area contributed by atoms with Crippen LogP contribution in [0.2, 0.25) is 0 Å². The van der Waals surface area contributed by atoms with Crippen molar-refractivity contribution in [2.24, 2.45) is 0 Å². The molecule has 0 fully saturated rings. The molecule has 5 nitrogen and oxygen atoms in total. The molecule has 0 radical (unpaired) electrons. The molecule has 0 bridgehead atoms. The third-order valence-electron chi connectivity index (χ3n) is 3.82. The lowest BCUT2D eigenvalue weighted by Crippen LogP contribution is -2.03. The van der Waals surface area contributed by atoms with Gasteiger partial charge in [0.15, 0.2) is 9.84 Å². The van der Waals surface area contributed by atoms with E-state index in [1.165, 1.54) is 0 Å². The molecule has 2 heterocycles. The van der Waals surface area contributed by atoms with E-state index in [0.717, 1.165) is 12.3 Å². The average Bonchev–Trinajstić information content (AvgIpc) is 2.90. The number of hydrogen-bond acceptors (Lipinski definition) is 5. The Morgan fingerprint density at radius 3 is 2.44 bits per heavy atom. The Bertz CT molecular complexity index is 1080. The first kappa shape index (κ1) is 17.2. The third-order valence-corrected chi connectivity index (χ3v) is 4.93. The van der Waals surface area contributed by atoms with Gasteiger partial charge < -0.3 is 4.52 Å². The fourth-order valence-electron chi connectivity index (χ4n) is 2.61. The van der Waals surface area contributed by atoms with Gasteiger partial charge in [-0.15, -0.1) is 0 Å². The maximum atomic E-state index is 14.6. The molecule has 0 N–H and O–H groups in total. The Morgan fingerprint density at radius 2 is 1.80 bits per heavy atom. The zero-order valence-corrected chi connectivity index (χ0v) is 14.5. The summed E-state index contributed by atoms with van der Waals surface area (Å²) >= 11 is 0. The van der Waals surface area contributed by atoms with Crippen molar-refractivity contribution in [3.05, 3.63) is 53.6 Å². The van der Waals surface area contributed by atoms with Crippen LogP contribution >= 0.6 is 0 Å². The Kier molecular flexibility index (Phi) is 4.16. The van der Waals surface area contributed by atoms with E-state index in [2.05, 4.69) is 10.1 Å². The van der Waals surface area contributed by atoms with Crippen molar-refractivity contribution in [2.45, 2.75) is 18.7 Å². The maximum Gasteiger partial charge on any atom is 0.178 e. The minimum atomic E-state index is -3.88. The summed E-state index contributed by atoms with van der Waals surface area (Å²) in [7, 11) is -3.88. The molecule has 8 heteroatoms. The lowest BCUT2D eigenvalue weighted by Gasteiger charge is -2.09. The Morgan fingerprint density at radius 1 is 1.08 bits per heavy atom. The molecule has 0 spiro atoms. The Balaban J connectivity index is 2.28. The van der Waals surface area contributed by atoms with Crippen molar-refractivity contribution in [3.63, 3.8) is 0 Å². The second kappa shape index (κ2) is 6.03. The molecule has 0 amide bonds. The molecule has 0 saturated heterocycles. The number of sulfone groups is 1. The summed E-state index contributed by atoms with van der Waals surface area (Å²) in [5, 5.41) is 3.94. The quantitative estimate of drug-likeness (QED) is 0.708. The van der Waals surface area contributed by atoms with Gasteiger partial charge >= 0.3 is 0 Å². The molecule has 0 unspecified atom stereocenters. The number of nitrogens with zero attached hydrogens (tertiary/aromatic N) is 2. The maximum absolute atomic E-state index is 14.6. The summed E-state index contributed by atoms with van der Waals surface area (Å²) in [6, 6.07) is 4.95. The Hall–Kier alpha value is -2.61. The molecule has 0 aliphatic carbocycles. The van der Waals surface area contributed by atoms with Gasteiger partial charge in [0.25, 0.3) is 0 Å². The predicted molar refractivity (Wildman–Crippen MR) is 87.7 cm³/mol. The van der Waals surface area contributed by atoms with Crippen molar-refractivity contribution in [3.8, 4) is 22.4 Å². The van der Waals surface area contributed by atoms with Crippen LogP contribution in [0.3, 0.4) is 0 Å². The van der Waals surface area contributed by atoms with Gasteiger partial charge in [0.1, 0.15) is 28.0 Å². The second-order valence-corrected chi connectivity index (χ2v) is 7.62. The van der Waals surface area contributed by atoms with Gasteiger partial charge in [0.2, 0.25) is 0 Å². The number of pyridine rings is 1. The molecule has 0 atom stereocenters. The van der Waals surface area contributed by atoms with E-state index >= 15 is 0 Å². The molecule has 3 rings (SSSR count). The molecular formula is C17H14F2N2O3S. The monoisotopic (exact) mass is 364 g/mol. The molecule has 2 aromatic heterocycles. The molecule has 3 aromatic rings. The first-order valence-electron chi connectivity index (χ1n) is 7.28. The highest BCUT2D eigenvalue weighted by Gasteiger charge is 2.24. The lowest BCUT2D eigenvalue weighted by atomic mass is 9.98. The molecule has 1 aromatic carbocycles. The van der Waals surface area contributed by atoms with E-state index in [9.17, 15) is 17.2 Å². The van der Waals surface area contributed by atoms with Crippen molar-refractivity contribution < 1.29 is 21.7 Å². The van der Waals surface area contributed by atoms with Crippen LogP contribution < -0.4 is 0 Å². The molecule has 0 aliphatic heterocycles. The van der Waals surface area contributed by atoms with Crippen LogP contribution in [0, 0.1) is 25.5 Å². The Labute approximate surface area is 143 Å². The fraction of sp³-hybridized carbons (Fsp3) is 0.176. The highest BCUT2D eigenvalue weighted by molar-refractivity contribution is 7.90. The second-order valence-electron chi connectivity index (χ2n) is 5.63. The average molecular weight is 364 g/mol. The summed E-state index contributed by atoms with van der Waals surface area (Å²) in [4.78, 5) is 3.46. The van der Waals surface area contributed by atoms with E-state index in [1.54, 1.807) is 32.2 Å². The van der Waals surface area contributed by atoms with Crippen molar-refractivity contribution in [2.75, 3.05) is 6.26 Å². The van der Waals surface area contributed by atoms with Crippen LogP contribution in [0.25, 0.3) is 22.4 Å². The summed E-state index contributed by atoms with van der Waals surface area (Å²) in [5.41, 5.74) is 1.70. The molecule has 0 aliphatic rings. The summed E-state index contributed by atoms with van der Waals surface area (Å²) < 4.78 is 57.1. The van der Waals surface area contributed by atoms with Gasteiger partial charge in [-0.05, 0) is 38.1 Å². The van der Waals surface area contributed by atoms with Gasteiger partial charge in [0.05, 0.1) is 5.56 Å². The zero-order chi connectivity index (χ0) is 18.4. The van der Waals surface area contributed by atoms with Gasteiger partial charge in [-0.25, -0.2) is 17.2 Å². The minimum Gasteiger partial charge on any atom is -0.360 e. The summed E-state index contributed by atoms with van der Waals surface area (Å²) in [6.07, 6.45) is 2.42. The van der Waals surface area contributed by atoms with Crippen LogP contribution in [0.4, 0.5) is 8.78 Å². The number of aryl methyl sites for hydroxylation is 2. The van der Waals surface area contributed by atoms with Crippen molar-refractivity contribution >= 4 is 9.84 Å². The molecule has 130 valence electrons. The van der Waals surface area contributed by atoms with Gasteiger partial charge in [-0.1, -0.05) is 5.16 Å². The number of halogens is 2. The SMILES string of the molecule is Cc1ncccc1-c1noc(C)c1-c1cc(F)c(S(C)(=O)=O)cc1F. The van der Waals surface area contributed by atoms with E-state index in [-0.39, 0.29) is 16.9 Å². The molecule has 0 saturated carbocycles. The third kappa shape index (κ3) is 3.05. The first-order valence-corrected chi connectivity index (χ1v) is 9.17. The smallest absolute Gasteiger partial charge is 0.178 e. The van der Waals surface area contributed by atoms with Crippen molar-refractivity contribution in [1.82, 2.24) is 10.1 Å². The standard InChI is InChI=1S/C17H14F2N2O3S/c1-9-11(5-4-6-20-9)17-16(10(2)24-21-17)12-7-14(19)15(8-13(12)18)25(3,22)23/h4-8H,1-3H3. The van der Waals surface area contributed by atoms with Crippen LogP contribution in [0.1, 0.15) is 11.5 Å². The normalized spacial score (nSPS) is 11.7. The van der Waals surface area contributed by atoms with E-state index in [1.807, 2.05) is 0 Å². The number of benzene rings is 1. The fourth-order valence-corrected chi connectivity index (χ4v) is 3.34. The van der Waals surface area contributed by atoms with E-state index < -0.39 is 26.4 Å². The largest absolute Gasteiger partial charge is 0.360 e. The number of hydrogen-bond donors (Lipinski definition) is 0. The number of rotatable bonds is 3.